The lowest BCUT2D eigenvalue weighted by Gasteiger charge is -2.28. The molecule has 2 aliphatic heterocycles. The lowest BCUT2D eigenvalue weighted by atomic mass is 10.1. The number of nitrogens with one attached hydrogen (secondary N) is 1. The van der Waals surface area contributed by atoms with Crippen LogP contribution in [-0.2, 0) is 11.3 Å². The lowest BCUT2D eigenvalue weighted by Crippen LogP contribution is -2.47. The topological polar surface area (TPSA) is 67.4 Å². The Bertz CT molecular complexity index is 513. The maximum absolute atomic E-state index is 12.4. The fourth-order valence-electron chi connectivity index (χ4n) is 3.16. The zero-order valence-electron chi connectivity index (χ0n) is 13.2. The third-order valence-electron chi connectivity index (χ3n) is 4.32. The van der Waals surface area contributed by atoms with Crippen LogP contribution in [0.2, 0.25) is 0 Å². The van der Waals surface area contributed by atoms with Crippen LogP contribution < -0.4 is 5.32 Å². The van der Waals surface area contributed by atoms with Gasteiger partial charge in [-0.15, -0.1) is 10.2 Å². The first kappa shape index (κ1) is 15.7. The summed E-state index contributed by atoms with van der Waals surface area (Å²) in [5.74, 6) is 0.379. The minimum Gasteiger partial charge on any atom is -0.376 e. The Morgan fingerprint density at radius 3 is 2.95 bits per heavy atom. The molecule has 3 rings (SSSR count). The van der Waals surface area contributed by atoms with E-state index in [2.05, 4.69) is 29.4 Å². The van der Waals surface area contributed by atoms with Crippen LogP contribution in [0.25, 0.3) is 0 Å². The summed E-state index contributed by atoms with van der Waals surface area (Å²) in [4.78, 5) is 14.4. The number of hydrogen-bond acceptors (Lipinski definition) is 5. The van der Waals surface area contributed by atoms with Crippen LogP contribution >= 0.6 is 11.3 Å². The van der Waals surface area contributed by atoms with Crippen LogP contribution in [-0.4, -0.2) is 46.4 Å². The molecular formula is C15H24N4O2S. The fourth-order valence-corrected chi connectivity index (χ4v) is 3.95. The molecule has 0 spiro atoms. The predicted octanol–water partition coefficient (Wildman–Crippen LogP) is 2.51. The van der Waals surface area contributed by atoms with E-state index < -0.39 is 0 Å². The predicted molar refractivity (Wildman–Crippen MR) is 84.9 cm³/mol. The van der Waals surface area contributed by atoms with Gasteiger partial charge in [0.05, 0.1) is 18.7 Å². The number of urea groups is 1. The highest BCUT2D eigenvalue weighted by atomic mass is 32.1. The zero-order valence-corrected chi connectivity index (χ0v) is 14.1. The Balaban J connectivity index is 1.54. The van der Waals surface area contributed by atoms with Gasteiger partial charge in [0.25, 0.3) is 0 Å². The first-order valence-electron chi connectivity index (χ1n) is 8.13. The second kappa shape index (κ2) is 6.91. The number of carbonyl (C=O) groups excluding carboxylic acids is 1. The smallest absolute Gasteiger partial charge is 0.318 e. The molecule has 1 aromatic rings. The molecule has 2 amide bonds. The lowest BCUT2D eigenvalue weighted by molar-refractivity contribution is 0.0520. The molecule has 0 radical (unpaired) electrons. The molecule has 0 saturated carbocycles. The highest BCUT2D eigenvalue weighted by Gasteiger charge is 2.36. The van der Waals surface area contributed by atoms with Crippen molar-refractivity contribution in [3.63, 3.8) is 0 Å². The van der Waals surface area contributed by atoms with Gasteiger partial charge in [-0.05, 0) is 25.7 Å². The molecule has 0 aliphatic carbocycles. The summed E-state index contributed by atoms with van der Waals surface area (Å²) >= 11 is 1.57. The maximum atomic E-state index is 12.4. The molecule has 122 valence electrons. The number of amides is 2. The van der Waals surface area contributed by atoms with Gasteiger partial charge in [-0.3, -0.25) is 0 Å². The highest BCUT2D eigenvalue weighted by Crippen LogP contribution is 2.28. The first-order valence-corrected chi connectivity index (χ1v) is 8.95. The summed E-state index contributed by atoms with van der Waals surface area (Å²) in [5.41, 5.74) is 0. The summed E-state index contributed by atoms with van der Waals surface area (Å²) < 4.78 is 5.77. The number of carbonyl (C=O) groups is 1. The van der Waals surface area contributed by atoms with Crippen molar-refractivity contribution in [2.24, 2.45) is 0 Å². The molecule has 2 saturated heterocycles. The van der Waals surface area contributed by atoms with Crippen LogP contribution in [0, 0.1) is 0 Å². The minimum absolute atomic E-state index is 0.000651. The standard InChI is InChI=1S/C15H24N4O2S/c1-10(2)14-18-17-13(22-14)9-16-15(20)19-7-3-5-11(19)12-6-4-8-21-12/h10-12H,3-9H2,1-2H3,(H,16,20)/t11-,12+/m1/s1. The summed E-state index contributed by atoms with van der Waals surface area (Å²) in [6.45, 7) is 6.31. The number of rotatable bonds is 4. The Morgan fingerprint density at radius 1 is 1.41 bits per heavy atom. The number of aromatic nitrogens is 2. The minimum atomic E-state index is -0.000651. The molecule has 2 aliphatic rings. The van der Waals surface area contributed by atoms with Crippen molar-refractivity contribution in [3.8, 4) is 0 Å². The summed E-state index contributed by atoms with van der Waals surface area (Å²) in [7, 11) is 0. The van der Waals surface area contributed by atoms with Crippen molar-refractivity contribution >= 4 is 17.4 Å². The van der Waals surface area contributed by atoms with E-state index in [0.717, 1.165) is 48.9 Å². The number of hydrogen-bond donors (Lipinski definition) is 1. The average molecular weight is 324 g/mol. The van der Waals surface area contributed by atoms with Gasteiger partial charge in [0.15, 0.2) is 0 Å². The Labute approximate surface area is 135 Å². The van der Waals surface area contributed by atoms with E-state index in [9.17, 15) is 4.79 Å². The van der Waals surface area contributed by atoms with Gasteiger partial charge in [0, 0.05) is 19.1 Å². The summed E-state index contributed by atoms with van der Waals surface area (Å²) in [6.07, 6.45) is 4.52. The molecule has 1 aromatic heterocycles. The largest absolute Gasteiger partial charge is 0.376 e. The van der Waals surface area contributed by atoms with E-state index in [1.165, 1.54) is 0 Å². The van der Waals surface area contributed by atoms with Gasteiger partial charge in [-0.2, -0.15) is 0 Å². The number of nitrogens with zero attached hydrogens (tertiary/aromatic N) is 3. The average Bonchev–Trinajstić information content (AvgIpc) is 3.23. The van der Waals surface area contributed by atoms with E-state index in [-0.39, 0.29) is 18.2 Å². The van der Waals surface area contributed by atoms with Crippen molar-refractivity contribution in [1.82, 2.24) is 20.4 Å². The zero-order chi connectivity index (χ0) is 15.5. The molecule has 0 aromatic carbocycles. The van der Waals surface area contributed by atoms with E-state index in [4.69, 9.17) is 4.74 Å². The van der Waals surface area contributed by atoms with Gasteiger partial charge >= 0.3 is 6.03 Å². The van der Waals surface area contributed by atoms with Crippen molar-refractivity contribution in [2.75, 3.05) is 13.2 Å². The molecule has 3 heterocycles. The molecule has 0 bridgehead atoms. The first-order chi connectivity index (χ1) is 10.6. The Morgan fingerprint density at radius 2 is 2.27 bits per heavy atom. The fraction of sp³-hybridized carbons (Fsp3) is 0.800. The van der Waals surface area contributed by atoms with Crippen molar-refractivity contribution < 1.29 is 9.53 Å². The van der Waals surface area contributed by atoms with Gasteiger partial charge in [-0.1, -0.05) is 25.2 Å². The van der Waals surface area contributed by atoms with E-state index in [0.29, 0.717) is 12.5 Å². The van der Waals surface area contributed by atoms with Crippen LogP contribution in [0.5, 0.6) is 0 Å². The highest BCUT2D eigenvalue weighted by molar-refractivity contribution is 7.11. The second-order valence-electron chi connectivity index (χ2n) is 6.30. The van der Waals surface area contributed by atoms with Crippen LogP contribution in [0.1, 0.15) is 55.5 Å². The monoisotopic (exact) mass is 324 g/mol. The van der Waals surface area contributed by atoms with Gasteiger partial charge in [0.1, 0.15) is 10.0 Å². The molecular weight excluding hydrogens is 300 g/mol. The normalized spacial score (nSPS) is 25.1. The van der Waals surface area contributed by atoms with Crippen LogP contribution in [0.4, 0.5) is 4.79 Å². The molecule has 6 nitrogen and oxygen atoms in total. The maximum Gasteiger partial charge on any atom is 0.318 e. The van der Waals surface area contributed by atoms with Crippen LogP contribution in [0.3, 0.4) is 0 Å². The quantitative estimate of drug-likeness (QED) is 0.924. The van der Waals surface area contributed by atoms with Crippen molar-refractivity contribution in [2.45, 2.75) is 64.1 Å². The molecule has 1 N–H and O–H groups in total. The molecule has 7 heteroatoms. The Kier molecular flexibility index (Phi) is 4.93. The molecule has 2 fully saturated rings. The van der Waals surface area contributed by atoms with E-state index >= 15 is 0 Å². The summed E-state index contributed by atoms with van der Waals surface area (Å²) in [5, 5.41) is 13.2. The van der Waals surface area contributed by atoms with Crippen molar-refractivity contribution in [3.05, 3.63) is 10.0 Å². The molecule has 0 unspecified atom stereocenters. The van der Waals surface area contributed by atoms with Crippen LogP contribution in [0.15, 0.2) is 0 Å². The third kappa shape index (κ3) is 3.41. The van der Waals surface area contributed by atoms with E-state index in [1.54, 1.807) is 11.3 Å². The summed E-state index contributed by atoms with van der Waals surface area (Å²) in [6, 6.07) is 0.238. The molecule has 22 heavy (non-hydrogen) atoms. The van der Waals surface area contributed by atoms with Gasteiger partial charge < -0.3 is 15.0 Å². The van der Waals surface area contributed by atoms with E-state index in [1.807, 2.05) is 4.90 Å². The Hall–Kier alpha value is -1.21. The van der Waals surface area contributed by atoms with Gasteiger partial charge in [0.2, 0.25) is 0 Å². The number of likely N-dealkylation sites (tertiary alicyclic amines) is 1. The van der Waals surface area contributed by atoms with Crippen molar-refractivity contribution in [1.29, 1.82) is 0 Å². The second-order valence-corrected chi connectivity index (χ2v) is 7.40. The SMILES string of the molecule is CC(C)c1nnc(CNC(=O)N2CCC[C@@H]2[C@@H]2CCCO2)s1. The molecule has 2 atom stereocenters. The third-order valence-corrected chi connectivity index (χ3v) is 5.55. The van der Waals surface area contributed by atoms with Gasteiger partial charge in [-0.25, -0.2) is 4.79 Å². The number of ether oxygens (including phenoxy) is 1.